The summed E-state index contributed by atoms with van der Waals surface area (Å²) in [6, 6.07) is 7.15. The van der Waals surface area contributed by atoms with Gasteiger partial charge in [-0.25, -0.2) is 0 Å². The molecule has 0 aliphatic carbocycles. The van der Waals surface area contributed by atoms with Gasteiger partial charge < -0.3 is 9.67 Å². The number of carbonyl (C=O) groups is 1. The number of hydrogen-bond acceptors (Lipinski definition) is 3. The molecule has 0 aliphatic rings. The highest BCUT2D eigenvalue weighted by molar-refractivity contribution is 6.31. The Hall–Kier alpha value is -2.07. The molecular weight excluding hydrogens is 254 g/mol. The molecule has 0 saturated carbocycles. The van der Waals surface area contributed by atoms with E-state index in [1.807, 2.05) is 0 Å². The Morgan fingerprint density at radius 2 is 2.00 bits per heavy atom. The van der Waals surface area contributed by atoms with E-state index in [9.17, 15) is 14.7 Å². The van der Waals surface area contributed by atoms with E-state index >= 15 is 0 Å². The normalized spacial score (nSPS) is 10.3. The number of carbonyl (C=O) groups excluding carboxylic acids is 1. The highest BCUT2D eigenvalue weighted by Crippen LogP contribution is 2.23. The number of aromatic nitrogens is 1. The Morgan fingerprint density at radius 1 is 1.28 bits per heavy atom. The molecule has 0 amide bonds. The summed E-state index contributed by atoms with van der Waals surface area (Å²) in [5, 5.41) is 9.96. The lowest BCUT2D eigenvalue weighted by Gasteiger charge is -2.05. The second-order valence-corrected chi connectivity index (χ2v) is 4.26. The van der Waals surface area contributed by atoms with Crippen LogP contribution in [0.25, 0.3) is 0 Å². The van der Waals surface area contributed by atoms with Crippen molar-refractivity contribution in [3.05, 3.63) is 63.0 Å². The van der Waals surface area contributed by atoms with E-state index in [0.29, 0.717) is 5.02 Å². The molecule has 0 bridgehead atoms. The molecule has 18 heavy (non-hydrogen) atoms. The standard InChI is InChI=1S/C13H10ClNO3/c1-15-6-2-3-9(13(15)18)12(17)10-7-8(14)4-5-11(10)16/h2-7,16H,1H3. The van der Waals surface area contributed by atoms with Crippen molar-refractivity contribution in [2.75, 3.05) is 0 Å². The summed E-state index contributed by atoms with van der Waals surface area (Å²) in [4.78, 5) is 24.0. The molecule has 0 fully saturated rings. The van der Waals surface area contributed by atoms with Crippen LogP contribution < -0.4 is 5.56 Å². The van der Waals surface area contributed by atoms with E-state index in [-0.39, 0.29) is 16.9 Å². The molecule has 1 aromatic carbocycles. The summed E-state index contributed by atoms with van der Waals surface area (Å²) in [5.41, 5.74) is -0.398. The molecule has 0 spiro atoms. The number of benzene rings is 1. The van der Waals surface area contributed by atoms with Gasteiger partial charge in [-0.3, -0.25) is 9.59 Å². The number of ketones is 1. The van der Waals surface area contributed by atoms with Crippen molar-refractivity contribution in [1.82, 2.24) is 4.57 Å². The predicted octanol–water partition coefficient (Wildman–Crippen LogP) is 1.98. The summed E-state index contributed by atoms with van der Waals surface area (Å²) in [6.07, 6.45) is 1.55. The zero-order valence-electron chi connectivity index (χ0n) is 9.55. The van der Waals surface area contributed by atoms with Gasteiger partial charge in [-0.15, -0.1) is 0 Å². The van der Waals surface area contributed by atoms with Gasteiger partial charge in [-0.05, 0) is 30.3 Å². The molecule has 0 saturated heterocycles. The summed E-state index contributed by atoms with van der Waals surface area (Å²) in [6.45, 7) is 0. The minimum absolute atomic E-state index is 0.00225. The van der Waals surface area contributed by atoms with Crippen LogP contribution in [0.3, 0.4) is 0 Å². The summed E-state index contributed by atoms with van der Waals surface area (Å²) < 4.78 is 1.30. The second-order valence-electron chi connectivity index (χ2n) is 3.83. The molecular formula is C13H10ClNO3. The number of aromatic hydroxyl groups is 1. The van der Waals surface area contributed by atoms with Gasteiger partial charge in [0.2, 0.25) is 5.78 Å². The van der Waals surface area contributed by atoms with Crippen molar-refractivity contribution >= 4 is 17.4 Å². The third-order valence-corrected chi connectivity index (χ3v) is 2.81. The van der Waals surface area contributed by atoms with Crippen molar-refractivity contribution in [2.45, 2.75) is 0 Å². The van der Waals surface area contributed by atoms with Crippen LogP contribution in [-0.4, -0.2) is 15.5 Å². The Balaban J connectivity index is 2.58. The van der Waals surface area contributed by atoms with Crippen LogP contribution in [-0.2, 0) is 7.05 Å². The largest absolute Gasteiger partial charge is 0.507 e. The average Bonchev–Trinajstić information content (AvgIpc) is 2.35. The number of hydrogen-bond donors (Lipinski definition) is 1. The molecule has 1 aromatic heterocycles. The molecule has 1 N–H and O–H groups in total. The highest BCUT2D eigenvalue weighted by atomic mass is 35.5. The molecule has 92 valence electrons. The summed E-state index contributed by atoms with van der Waals surface area (Å²) in [7, 11) is 1.55. The molecule has 2 rings (SSSR count). The minimum atomic E-state index is -0.545. The van der Waals surface area contributed by atoms with E-state index in [2.05, 4.69) is 0 Å². The van der Waals surface area contributed by atoms with E-state index in [1.165, 1.54) is 28.8 Å². The number of aryl methyl sites for hydroxylation is 1. The van der Waals surface area contributed by atoms with Crippen LogP contribution in [0.2, 0.25) is 5.02 Å². The fourth-order valence-electron chi connectivity index (χ4n) is 1.61. The molecule has 0 atom stereocenters. The van der Waals surface area contributed by atoms with Crippen LogP contribution in [0.1, 0.15) is 15.9 Å². The first-order valence-corrected chi connectivity index (χ1v) is 5.57. The lowest BCUT2D eigenvalue weighted by Crippen LogP contribution is -2.23. The van der Waals surface area contributed by atoms with E-state index in [1.54, 1.807) is 19.3 Å². The smallest absolute Gasteiger partial charge is 0.261 e. The molecule has 4 nitrogen and oxygen atoms in total. The van der Waals surface area contributed by atoms with Crippen LogP contribution in [0.15, 0.2) is 41.3 Å². The monoisotopic (exact) mass is 263 g/mol. The first kappa shape index (κ1) is 12.4. The summed E-state index contributed by atoms with van der Waals surface area (Å²) >= 11 is 5.77. The third-order valence-electron chi connectivity index (χ3n) is 2.57. The number of rotatable bonds is 2. The maximum Gasteiger partial charge on any atom is 0.261 e. The maximum absolute atomic E-state index is 12.2. The number of nitrogens with zero attached hydrogens (tertiary/aromatic N) is 1. The van der Waals surface area contributed by atoms with Gasteiger partial charge in [0.15, 0.2) is 0 Å². The third kappa shape index (κ3) is 2.15. The lowest BCUT2D eigenvalue weighted by atomic mass is 10.0. The molecule has 5 heteroatoms. The Kier molecular flexibility index (Phi) is 3.21. The topological polar surface area (TPSA) is 59.3 Å². The van der Waals surface area contributed by atoms with Crippen LogP contribution in [0.4, 0.5) is 0 Å². The predicted molar refractivity (Wildman–Crippen MR) is 68.2 cm³/mol. The zero-order chi connectivity index (χ0) is 13.3. The first-order valence-electron chi connectivity index (χ1n) is 5.19. The van der Waals surface area contributed by atoms with Gasteiger partial charge in [0.1, 0.15) is 5.75 Å². The minimum Gasteiger partial charge on any atom is -0.507 e. The SMILES string of the molecule is Cn1cccc(C(=O)c2cc(Cl)ccc2O)c1=O. The van der Waals surface area contributed by atoms with E-state index < -0.39 is 11.3 Å². The second kappa shape index (κ2) is 4.66. The van der Waals surface area contributed by atoms with Crippen molar-refractivity contribution in [1.29, 1.82) is 0 Å². The van der Waals surface area contributed by atoms with Crippen molar-refractivity contribution in [2.24, 2.45) is 7.05 Å². The lowest BCUT2D eigenvalue weighted by molar-refractivity contribution is 0.103. The van der Waals surface area contributed by atoms with Gasteiger partial charge in [-0.2, -0.15) is 0 Å². The van der Waals surface area contributed by atoms with Crippen molar-refractivity contribution in [3.63, 3.8) is 0 Å². The Bertz CT molecular complexity index is 676. The number of halogens is 1. The van der Waals surface area contributed by atoms with Gasteiger partial charge in [0.25, 0.3) is 5.56 Å². The maximum atomic E-state index is 12.2. The molecule has 0 aliphatic heterocycles. The molecule has 0 radical (unpaired) electrons. The van der Waals surface area contributed by atoms with Gasteiger partial charge in [0.05, 0.1) is 11.1 Å². The van der Waals surface area contributed by atoms with Crippen LogP contribution >= 0.6 is 11.6 Å². The Labute approximate surface area is 108 Å². The van der Waals surface area contributed by atoms with Crippen molar-refractivity contribution in [3.8, 4) is 5.75 Å². The van der Waals surface area contributed by atoms with Gasteiger partial charge in [0, 0.05) is 18.3 Å². The fourth-order valence-corrected chi connectivity index (χ4v) is 1.78. The molecule has 0 unspecified atom stereocenters. The zero-order valence-corrected chi connectivity index (χ0v) is 10.3. The quantitative estimate of drug-likeness (QED) is 0.843. The Morgan fingerprint density at radius 3 is 2.72 bits per heavy atom. The number of phenols is 1. The van der Waals surface area contributed by atoms with Gasteiger partial charge in [-0.1, -0.05) is 11.6 Å². The average molecular weight is 264 g/mol. The number of pyridine rings is 1. The summed E-state index contributed by atoms with van der Waals surface area (Å²) in [5.74, 6) is -0.744. The van der Waals surface area contributed by atoms with E-state index in [4.69, 9.17) is 11.6 Å². The van der Waals surface area contributed by atoms with Crippen LogP contribution in [0.5, 0.6) is 5.75 Å². The molecule has 2 aromatic rings. The van der Waals surface area contributed by atoms with E-state index in [0.717, 1.165) is 0 Å². The van der Waals surface area contributed by atoms with Crippen molar-refractivity contribution < 1.29 is 9.90 Å². The molecule has 1 heterocycles. The highest BCUT2D eigenvalue weighted by Gasteiger charge is 2.17. The number of phenolic OH excluding ortho intramolecular Hbond substituents is 1. The van der Waals surface area contributed by atoms with Gasteiger partial charge >= 0.3 is 0 Å². The fraction of sp³-hybridized carbons (Fsp3) is 0.0769. The first-order chi connectivity index (χ1) is 8.50. The van der Waals surface area contributed by atoms with Crippen LogP contribution in [0, 0.1) is 0 Å².